The summed E-state index contributed by atoms with van der Waals surface area (Å²) in [6, 6.07) is 11.4. The highest BCUT2D eigenvalue weighted by molar-refractivity contribution is 6.00. The minimum atomic E-state index is -4.50. The first kappa shape index (κ1) is 22.5. The lowest BCUT2D eigenvalue weighted by Crippen LogP contribution is -2.49. The lowest BCUT2D eigenvalue weighted by atomic mass is 10.0. The molecule has 11 heteroatoms. The number of rotatable bonds is 3. The number of aromatic nitrogens is 3. The molecule has 36 heavy (non-hydrogen) atoms. The molecule has 6 rings (SSSR count). The minimum absolute atomic E-state index is 0.0999. The molecule has 2 aliphatic rings. The number of morpholine rings is 1. The molecule has 0 unspecified atom stereocenters. The summed E-state index contributed by atoms with van der Waals surface area (Å²) in [7, 11) is 0. The van der Waals surface area contributed by atoms with Crippen molar-refractivity contribution >= 4 is 23.1 Å². The number of alkyl halides is 3. The van der Waals surface area contributed by atoms with Gasteiger partial charge in [0.1, 0.15) is 5.82 Å². The number of carbonyl (C=O) groups excluding carboxylic acids is 1. The summed E-state index contributed by atoms with van der Waals surface area (Å²) >= 11 is 0. The maximum atomic E-state index is 13.7. The van der Waals surface area contributed by atoms with E-state index >= 15 is 0 Å². The van der Waals surface area contributed by atoms with E-state index in [2.05, 4.69) is 10.3 Å². The maximum Gasteiger partial charge on any atom is 0.416 e. The number of halogens is 4. The third kappa shape index (κ3) is 3.85. The number of hydrogen-bond acceptors (Lipinski definition) is 5. The van der Waals surface area contributed by atoms with Crippen molar-refractivity contribution in [3.05, 3.63) is 66.2 Å². The molecular formula is C25H19F4N5O2. The number of nitrogens with one attached hydrogen (secondary N) is 1. The molecule has 2 aromatic heterocycles. The molecule has 184 valence electrons. The SMILES string of the molecule is O=C1Cc2cc(-c3c(-c4ccc(F)cc4)nc4c(N5CCO[C@@H](C(F)(F)F)C5)nccn34)ccc2N1. The average molecular weight is 497 g/mol. The zero-order valence-corrected chi connectivity index (χ0v) is 18.7. The topological polar surface area (TPSA) is 71.8 Å². The highest BCUT2D eigenvalue weighted by atomic mass is 19.4. The fourth-order valence-corrected chi connectivity index (χ4v) is 4.69. The van der Waals surface area contributed by atoms with E-state index in [4.69, 9.17) is 9.72 Å². The Labute approximate surface area is 202 Å². The summed E-state index contributed by atoms with van der Waals surface area (Å²) in [4.78, 5) is 22.6. The van der Waals surface area contributed by atoms with Crippen molar-refractivity contribution in [2.24, 2.45) is 0 Å². The first-order valence-corrected chi connectivity index (χ1v) is 11.3. The van der Waals surface area contributed by atoms with Crippen molar-refractivity contribution < 1.29 is 27.1 Å². The molecule has 2 aromatic carbocycles. The Hall–Kier alpha value is -3.99. The smallest absolute Gasteiger partial charge is 0.365 e. The number of anilines is 2. The summed E-state index contributed by atoms with van der Waals surface area (Å²) in [6.07, 6.45) is -2.99. The van der Waals surface area contributed by atoms with E-state index in [9.17, 15) is 22.4 Å². The number of amides is 1. The van der Waals surface area contributed by atoms with Crippen LogP contribution in [-0.2, 0) is 16.0 Å². The molecule has 1 amide bonds. The second kappa shape index (κ2) is 8.30. The zero-order chi connectivity index (χ0) is 25.0. The van der Waals surface area contributed by atoms with Gasteiger partial charge in [-0.25, -0.2) is 14.4 Å². The van der Waals surface area contributed by atoms with Gasteiger partial charge in [-0.15, -0.1) is 0 Å². The summed E-state index contributed by atoms with van der Waals surface area (Å²) in [5.74, 6) is -0.209. The Bertz CT molecular complexity index is 1480. The minimum Gasteiger partial charge on any atom is -0.365 e. The van der Waals surface area contributed by atoms with Crippen LogP contribution in [0.2, 0.25) is 0 Å². The van der Waals surface area contributed by atoms with Crippen molar-refractivity contribution in [2.45, 2.75) is 18.7 Å². The molecule has 4 heterocycles. The van der Waals surface area contributed by atoms with Crippen LogP contribution in [0.1, 0.15) is 5.56 Å². The summed E-state index contributed by atoms with van der Waals surface area (Å²) < 4.78 is 60.5. The van der Waals surface area contributed by atoms with Gasteiger partial charge in [-0.1, -0.05) is 6.07 Å². The molecule has 1 atom stereocenters. The van der Waals surface area contributed by atoms with Crippen molar-refractivity contribution in [3.63, 3.8) is 0 Å². The number of ether oxygens (including phenoxy) is 1. The van der Waals surface area contributed by atoms with E-state index in [1.54, 1.807) is 28.8 Å². The molecule has 4 aromatic rings. The quantitative estimate of drug-likeness (QED) is 0.423. The highest BCUT2D eigenvalue weighted by Gasteiger charge is 2.44. The van der Waals surface area contributed by atoms with Crippen molar-refractivity contribution in [2.75, 3.05) is 29.9 Å². The molecule has 0 spiro atoms. The van der Waals surface area contributed by atoms with E-state index in [1.807, 2.05) is 12.1 Å². The fourth-order valence-electron chi connectivity index (χ4n) is 4.69. The standard InChI is InChI=1S/C25H19F4N5O2/c26-17-4-1-14(2-5-17)21-22(15-3-6-18-16(11-15)12-20(35)31-18)34-8-7-30-23(24(34)32-21)33-9-10-36-19(13-33)25(27,28)29/h1-8,11,19H,9-10,12-13H2,(H,31,35)/t19-/m1/s1. The first-order valence-electron chi connectivity index (χ1n) is 11.3. The number of nitrogens with zero attached hydrogens (tertiary/aromatic N) is 4. The van der Waals surface area contributed by atoms with Gasteiger partial charge in [0.05, 0.1) is 31.0 Å². The number of carbonyl (C=O) groups is 1. The van der Waals surface area contributed by atoms with Gasteiger partial charge in [0, 0.05) is 35.8 Å². The van der Waals surface area contributed by atoms with Crippen molar-refractivity contribution in [1.29, 1.82) is 0 Å². The molecule has 0 aliphatic carbocycles. The van der Waals surface area contributed by atoms with Gasteiger partial charge < -0.3 is 15.0 Å². The molecule has 0 radical (unpaired) electrons. The van der Waals surface area contributed by atoms with Gasteiger partial charge >= 0.3 is 6.18 Å². The second-order valence-electron chi connectivity index (χ2n) is 8.70. The Morgan fingerprint density at radius 1 is 1.08 bits per heavy atom. The van der Waals surface area contributed by atoms with Crippen LogP contribution in [-0.4, -0.2) is 52.3 Å². The van der Waals surface area contributed by atoms with Gasteiger partial charge in [-0.05, 0) is 42.0 Å². The van der Waals surface area contributed by atoms with Crippen LogP contribution in [0.3, 0.4) is 0 Å². The monoisotopic (exact) mass is 497 g/mol. The van der Waals surface area contributed by atoms with Crippen LogP contribution in [0.4, 0.5) is 29.1 Å². The summed E-state index contributed by atoms with van der Waals surface area (Å²) in [5, 5.41) is 2.80. The molecular weight excluding hydrogens is 478 g/mol. The third-order valence-electron chi connectivity index (χ3n) is 6.38. The number of hydrogen-bond donors (Lipinski definition) is 1. The van der Waals surface area contributed by atoms with Crippen LogP contribution >= 0.6 is 0 Å². The normalized spacial score (nSPS) is 17.9. The lowest BCUT2D eigenvalue weighted by molar-refractivity contribution is -0.221. The number of fused-ring (bicyclic) bond motifs is 2. The number of benzene rings is 2. The summed E-state index contributed by atoms with van der Waals surface area (Å²) in [6.45, 7) is -0.284. The molecule has 2 aliphatic heterocycles. The second-order valence-corrected chi connectivity index (χ2v) is 8.70. The Morgan fingerprint density at radius 2 is 1.86 bits per heavy atom. The van der Waals surface area contributed by atoms with Crippen LogP contribution in [0, 0.1) is 5.82 Å². The maximum absolute atomic E-state index is 13.7. The molecule has 7 nitrogen and oxygen atoms in total. The van der Waals surface area contributed by atoms with Crippen molar-refractivity contribution in [1.82, 2.24) is 14.4 Å². The van der Waals surface area contributed by atoms with Crippen LogP contribution in [0.5, 0.6) is 0 Å². The molecule has 0 bridgehead atoms. The van der Waals surface area contributed by atoms with Gasteiger partial charge in [0.15, 0.2) is 17.6 Å². The lowest BCUT2D eigenvalue weighted by Gasteiger charge is -2.34. The Morgan fingerprint density at radius 3 is 2.64 bits per heavy atom. The zero-order valence-electron chi connectivity index (χ0n) is 18.7. The fraction of sp³-hybridized carbons (Fsp3) is 0.240. The average Bonchev–Trinajstić information content (AvgIpc) is 3.43. The van der Waals surface area contributed by atoms with E-state index in [0.717, 1.165) is 16.8 Å². The molecule has 1 N–H and O–H groups in total. The Kier molecular flexibility index (Phi) is 5.18. The van der Waals surface area contributed by atoms with Gasteiger partial charge in [0.2, 0.25) is 5.91 Å². The highest BCUT2D eigenvalue weighted by Crippen LogP contribution is 2.38. The molecule has 1 saturated heterocycles. The Balaban J connectivity index is 1.53. The van der Waals surface area contributed by atoms with E-state index in [0.29, 0.717) is 28.4 Å². The first-order chi connectivity index (χ1) is 17.3. The molecule has 0 saturated carbocycles. The van der Waals surface area contributed by atoms with Gasteiger partial charge in [-0.3, -0.25) is 9.20 Å². The summed E-state index contributed by atoms with van der Waals surface area (Å²) in [5.41, 5.74) is 4.48. The predicted octanol–water partition coefficient (Wildman–Crippen LogP) is 4.46. The molecule has 1 fully saturated rings. The van der Waals surface area contributed by atoms with Crippen LogP contribution in [0.25, 0.3) is 28.2 Å². The van der Waals surface area contributed by atoms with Crippen LogP contribution < -0.4 is 10.2 Å². The largest absolute Gasteiger partial charge is 0.416 e. The van der Waals surface area contributed by atoms with Gasteiger partial charge in [-0.2, -0.15) is 13.2 Å². The van der Waals surface area contributed by atoms with Gasteiger partial charge in [0.25, 0.3) is 0 Å². The van der Waals surface area contributed by atoms with E-state index in [-0.39, 0.29) is 25.5 Å². The third-order valence-corrected chi connectivity index (χ3v) is 6.38. The van der Waals surface area contributed by atoms with Crippen LogP contribution in [0.15, 0.2) is 54.9 Å². The number of imidazole rings is 1. The van der Waals surface area contributed by atoms with Crippen molar-refractivity contribution in [3.8, 4) is 22.5 Å². The van der Waals surface area contributed by atoms with E-state index < -0.39 is 24.6 Å². The predicted molar refractivity (Wildman–Crippen MR) is 124 cm³/mol. The van der Waals surface area contributed by atoms with E-state index in [1.165, 1.54) is 23.2 Å².